The first-order chi connectivity index (χ1) is 6.34. The summed E-state index contributed by atoms with van der Waals surface area (Å²) in [4.78, 5) is 0. The molecule has 0 radical (unpaired) electrons. The molecule has 0 unspecified atom stereocenters. The van der Waals surface area contributed by atoms with Crippen molar-refractivity contribution < 1.29 is 4.42 Å². The molecule has 13 heavy (non-hydrogen) atoms. The van der Waals surface area contributed by atoms with Crippen molar-refractivity contribution in [3.05, 3.63) is 23.7 Å². The smallest absolute Gasteiger partial charge is 0.104 e. The van der Waals surface area contributed by atoms with Gasteiger partial charge in [-0.05, 0) is 25.5 Å². The predicted molar refractivity (Wildman–Crippen MR) is 60.5 cm³/mol. The van der Waals surface area contributed by atoms with E-state index in [0.717, 1.165) is 22.5 Å². The summed E-state index contributed by atoms with van der Waals surface area (Å²) in [6.45, 7) is 2.00. The van der Waals surface area contributed by atoms with Gasteiger partial charge in [0.25, 0.3) is 0 Å². The lowest BCUT2D eigenvalue weighted by atomic mass is 10.3. The number of hydrogen-bond donors (Lipinski definition) is 0. The molecule has 1 fully saturated rings. The van der Waals surface area contributed by atoms with Crippen LogP contribution >= 0.6 is 23.5 Å². The summed E-state index contributed by atoms with van der Waals surface area (Å²) in [5.74, 6) is 4.83. The van der Waals surface area contributed by atoms with Gasteiger partial charge in [0.05, 0.1) is 4.58 Å². The highest BCUT2D eigenvalue weighted by Crippen LogP contribution is 2.34. The average molecular weight is 214 g/mol. The summed E-state index contributed by atoms with van der Waals surface area (Å²) in [6, 6.07) is 4.14. The Morgan fingerprint density at radius 3 is 2.77 bits per heavy atom. The molecular formula is C10H14OS2. The molecule has 2 heterocycles. The average Bonchev–Trinajstić information content (AvgIpc) is 2.71. The van der Waals surface area contributed by atoms with E-state index in [9.17, 15) is 0 Å². The molecular weight excluding hydrogens is 200 g/mol. The van der Waals surface area contributed by atoms with Crippen molar-refractivity contribution in [1.29, 1.82) is 0 Å². The van der Waals surface area contributed by atoms with E-state index in [1.807, 2.05) is 13.0 Å². The van der Waals surface area contributed by atoms with Gasteiger partial charge in [0, 0.05) is 17.9 Å². The monoisotopic (exact) mass is 214 g/mol. The minimum atomic E-state index is 0.811. The Balaban J connectivity index is 1.78. The van der Waals surface area contributed by atoms with Crippen LogP contribution in [0.1, 0.15) is 17.9 Å². The molecule has 0 amide bonds. The van der Waals surface area contributed by atoms with Crippen molar-refractivity contribution in [2.75, 3.05) is 11.5 Å². The largest absolute Gasteiger partial charge is 0.466 e. The highest BCUT2D eigenvalue weighted by atomic mass is 32.2. The van der Waals surface area contributed by atoms with Gasteiger partial charge in [-0.25, -0.2) is 0 Å². The third-order valence-corrected chi connectivity index (χ3v) is 5.28. The second kappa shape index (κ2) is 4.47. The molecule has 0 aromatic carbocycles. The van der Waals surface area contributed by atoms with Crippen LogP contribution in [0, 0.1) is 6.92 Å². The van der Waals surface area contributed by atoms with Crippen LogP contribution in [0.25, 0.3) is 0 Å². The highest BCUT2D eigenvalue weighted by molar-refractivity contribution is 8.20. The molecule has 0 saturated carbocycles. The fourth-order valence-electron chi connectivity index (χ4n) is 1.45. The summed E-state index contributed by atoms with van der Waals surface area (Å²) >= 11 is 4.18. The first kappa shape index (κ1) is 9.53. The normalized spacial score (nSPS) is 18.2. The van der Waals surface area contributed by atoms with Gasteiger partial charge >= 0.3 is 0 Å². The van der Waals surface area contributed by atoms with Crippen molar-refractivity contribution >= 4 is 23.5 Å². The zero-order chi connectivity index (χ0) is 9.10. The zero-order valence-corrected chi connectivity index (χ0v) is 9.42. The first-order valence-corrected chi connectivity index (χ1v) is 6.73. The number of rotatable bonds is 3. The number of furan rings is 1. The Bertz CT molecular complexity index is 264. The first-order valence-electron chi connectivity index (χ1n) is 4.63. The van der Waals surface area contributed by atoms with Crippen molar-refractivity contribution in [3.63, 3.8) is 0 Å². The van der Waals surface area contributed by atoms with E-state index in [-0.39, 0.29) is 0 Å². The van der Waals surface area contributed by atoms with Crippen molar-refractivity contribution in [2.24, 2.45) is 0 Å². The van der Waals surface area contributed by atoms with Crippen LogP contribution in [-0.2, 0) is 6.42 Å². The molecule has 2 rings (SSSR count). The van der Waals surface area contributed by atoms with Gasteiger partial charge in [-0.2, -0.15) is 0 Å². The van der Waals surface area contributed by atoms with E-state index in [2.05, 4.69) is 29.6 Å². The van der Waals surface area contributed by atoms with E-state index in [4.69, 9.17) is 4.42 Å². The van der Waals surface area contributed by atoms with Gasteiger partial charge in [0.1, 0.15) is 11.5 Å². The van der Waals surface area contributed by atoms with Crippen LogP contribution in [0.5, 0.6) is 0 Å². The molecule has 1 aromatic heterocycles. The molecule has 3 heteroatoms. The van der Waals surface area contributed by atoms with Crippen LogP contribution in [0.3, 0.4) is 0 Å². The standard InChI is InChI=1S/C10H14OS2/c1-8-2-3-9(11-8)4-5-10-12-6-7-13-10/h2-3,10H,4-7H2,1H3. The van der Waals surface area contributed by atoms with Crippen LogP contribution in [0.4, 0.5) is 0 Å². The zero-order valence-electron chi connectivity index (χ0n) is 7.79. The topological polar surface area (TPSA) is 13.1 Å². The van der Waals surface area contributed by atoms with Crippen molar-refractivity contribution in [3.8, 4) is 0 Å². The molecule has 1 aliphatic rings. The molecule has 1 nitrogen and oxygen atoms in total. The Morgan fingerprint density at radius 2 is 2.15 bits per heavy atom. The van der Waals surface area contributed by atoms with E-state index >= 15 is 0 Å². The fraction of sp³-hybridized carbons (Fsp3) is 0.600. The number of hydrogen-bond acceptors (Lipinski definition) is 3. The lowest BCUT2D eigenvalue weighted by Gasteiger charge is -2.04. The van der Waals surface area contributed by atoms with Gasteiger partial charge in [-0.1, -0.05) is 0 Å². The van der Waals surface area contributed by atoms with Gasteiger partial charge in [0.15, 0.2) is 0 Å². The maximum absolute atomic E-state index is 5.52. The molecule has 0 atom stereocenters. The Labute approximate surface area is 87.7 Å². The summed E-state index contributed by atoms with van der Waals surface area (Å²) in [5.41, 5.74) is 0. The van der Waals surface area contributed by atoms with E-state index in [0.29, 0.717) is 0 Å². The third-order valence-electron chi connectivity index (χ3n) is 2.11. The van der Waals surface area contributed by atoms with Gasteiger partial charge in [-0.15, -0.1) is 23.5 Å². The molecule has 1 aliphatic heterocycles. The lowest BCUT2D eigenvalue weighted by molar-refractivity contribution is 0.480. The summed E-state index contributed by atoms with van der Waals surface area (Å²) in [6.07, 6.45) is 2.35. The molecule has 0 bridgehead atoms. The maximum atomic E-state index is 5.52. The molecule has 0 aliphatic carbocycles. The Kier molecular flexibility index (Phi) is 3.28. The number of thioether (sulfide) groups is 2. The van der Waals surface area contributed by atoms with E-state index in [1.165, 1.54) is 17.9 Å². The van der Waals surface area contributed by atoms with Gasteiger partial charge in [-0.3, -0.25) is 0 Å². The lowest BCUT2D eigenvalue weighted by Crippen LogP contribution is -1.94. The highest BCUT2D eigenvalue weighted by Gasteiger charge is 2.16. The summed E-state index contributed by atoms with van der Waals surface area (Å²) in [5, 5.41) is 0. The van der Waals surface area contributed by atoms with Crippen LogP contribution < -0.4 is 0 Å². The van der Waals surface area contributed by atoms with E-state index in [1.54, 1.807) is 0 Å². The van der Waals surface area contributed by atoms with E-state index < -0.39 is 0 Å². The Hall–Kier alpha value is -0.0200. The second-order valence-corrected chi connectivity index (χ2v) is 6.14. The SMILES string of the molecule is Cc1ccc(CCC2SCCS2)o1. The van der Waals surface area contributed by atoms with Crippen LogP contribution in [0.2, 0.25) is 0 Å². The molecule has 1 aromatic rings. The fourth-order valence-corrected chi connectivity index (χ4v) is 4.28. The quantitative estimate of drug-likeness (QED) is 0.766. The van der Waals surface area contributed by atoms with Gasteiger partial charge in [0.2, 0.25) is 0 Å². The van der Waals surface area contributed by atoms with Gasteiger partial charge < -0.3 is 4.42 Å². The van der Waals surface area contributed by atoms with Crippen molar-refractivity contribution in [2.45, 2.75) is 24.3 Å². The molecule has 0 spiro atoms. The van der Waals surface area contributed by atoms with Crippen molar-refractivity contribution in [1.82, 2.24) is 0 Å². The van der Waals surface area contributed by atoms with Crippen LogP contribution in [0.15, 0.2) is 16.5 Å². The maximum Gasteiger partial charge on any atom is 0.104 e. The molecule has 72 valence electrons. The molecule has 0 N–H and O–H groups in total. The summed E-state index contributed by atoms with van der Waals surface area (Å²) < 4.78 is 6.34. The minimum Gasteiger partial charge on any atom is -0.466 e. The molecule has 1 saturated heterocycles. The van der Waals surface area contributed by atoms with Crippen LogP contribution in [-0.4, -0.2) is 16.1 Å². The number of aryl methyl sites for hydroxylation is 2. The third kappa shape index (κ3) is 2.71. The summed E-state index contributed by atoms with van der Waals surface area (Å²) in [7, 11) is 0. The Morgan fingerprint density at radius 1 is 1.38 bits per heavy atom. The second-order valence-electron chi connectivity index (χ2n) is 3.22. The predicted octanol–water partition coefficient (Wildman–Crippen LogP) is 3.33. The minimum absolute atomic E-state index is 0.811.